The lowest BCUT2D eigenvalue weighted by Crippen LogP contribution is -2.43. The van der Waals surface area contributed by atoms with Crippen molar-refractivity contribution in [3.63, 3.8) is 0 Å². The molecular formula is C23H29Cl2N3O5S2. The van der Waals surface area contributed by atoms with E-state index >= 15 is 0 Å². The van der Waals surface area contributed by atoms with Crippen LogP contribution < -0.4 is 4.74 Å². The van der Waals surface area contributed by atoms with Crippen molar-refractivity contribution in [3.05, 3.63) is 52.8 Å². The molecular weight excluding hydrogens is 533 g/mol. The zero-order valence-electron chi connectivity index (χ0n) is 19.2. The van der Waals surface area contributed by atoms with Crippen LogP contribution in [0.3, 0.4) is 0 Å². The second kappa shape index (κ2) is 11.3. The summed E-state index contributed by atoms with van der Waals surface area (Å²) in [5.74, 6) is 0.724. The van der Waals surface area contributed by atoms with Gasteiger partial charge in [0.25, 0.3) is 0 Å². The topological polar surface area (TPSA) is 96.9 Å². The first kappa shape index (κ1) is 26.6. The highest BCUT2D eigenvalue weighted by Gasteiger charge is 2.37. The molecule has 2 aromatic rings. The van der Waals surface area contributed by atoms with Crippen LogP contribution in [0.2, 0.25) is 10.0 Å². The number of piperidine rings is 1. The van der Waals surface area contributed by atoms with Crippen LogP contribution in [-0.4, -0.2) is 68.0 Å². The van der Waals surface area contributed by atoms with Gasteiger partial charge in [0, 0.05) is 38.1 Å². The van der Waals surface area contributed by atoms with E-state index in [0.29, 0.717) is 51.7 Å². The number of rotatable bonds is 9. The third-order valence-corrected chi connectivity index (χ3v) is 11.4. The number of aromatic nitrogens is 1. The number of nitrogens with zero attached hydrogens (tertiary/aromatic N) is 3. The molecule has 1 aromatic heterocycles. The summed E-state index contributed by atoms with van der Waals surface area (Å²) in [6, 6.07) is 7.87. The smallest absolute Gasteiger partial charge is 0.244 e. The van der Waals surface area contributed by atoms with Crippen LogP contribution >= 0.6 is 23.2 Å². The normalized spacial score (nSPS) is 20.8. The van der Waals surface area contributed by atoms with E-state index in [9.17, 15) is 16.8 Å². The lowest BCUT2D eigenvalue weighted by molar-refractivity contribution is 0.135. The second-order valence-corrected chi connectivity index (χ2v) is 13.6. The quantitative estimate of drug-likeness (QED) is 0.455. The van der Waals surface area contributed by atoms with Crippen LogP contribution in [0, 0.1) is 0 Å². The summed E-state index contributed by atoms with van der Waals surface area (Å²) in [7, 11) is -7.25. The summed E-state index contributed by atoms with van der Waals surface area (Å²) in [6.45, 7) is 1.21. The maximum atomic E-state index is 13.2. The zero-order chi connectivity index (χ0) is 25.1. The van der Waals surface area contributed by atoms with Gasteiger partial charge < -0.3 is 4.74 Å². The van der Waals surface area contributed by atoms with Crippen molar-refractivity contribution >= 4 is 43.2 Å². The molecule has 35 heavy (non-hydrogen) atoms. The Labute approximate surface area is 217 Å². The molecule has 8 nitrogen and oxygen atoms in total. The number of pyridine rings is 1. The molecule has 2 aliphatic rings. The van der Waals surface area contributed by atoms with Crippen molar-refractivity contribution in [2.24, 2.45) is 0 Å². The Morgan fingerprint density at radius 2 is 1.69 bits per heavy atom. The maximum Gasteiger partial charge on any atom is 0.244 e. The molecule has 0 saturated carbocycles. The molecule has 0 N–H and O–H groups in total. The van der Waals surface area contributed by atoms with Crippen molar-refractivity contribution < 1.29 is 21.6 Å². The van der Waals surface area contributed by atoms with Crippen molar-refractivity contribution in [1.82, 2.24) is 13.6 Å². The third-order valence-electron chi connectivity index (χ3n) is 6.51. The highest BCUT2D eigenvalue weighted by atomic mass is 35.5. The first-order valence-electron chi connectivity index (χ1n) is 11.7. The standard InChI is InChI=1S/C23H29Cl2N3O5S2/c24-21-6-1-7-22(23(21)25)35(31,32)28-14-2-4-18(28)5-3-17-34(29,30)27-15-10-20(11-16-27)33-19-8-12-26-13-9-19/h1,6-9,12-13,18,20H,2-5,10-11,14-17H2/t18-/m0/s1. The zero-order valence-corrected chi connectivity index (χ0v) is 22.4. The van der Waals surface area contributed by atoms with Gasteiger partial charge in [-0.05, 0) is 62.8 Å². The molecule has 1 aromatic carbocycles. The molecule has 0 amide bonds. The van der Waals surface area contributed by atoms with Crippen molar-refractivity contribution in [3.8, 4) is 5.75 Å². The molecule has 0 radical (unpaired) electrons. The van der Waals surface area contributed by atoms with Gasteiger partial charge in [-0.3, -0.25) is 4.98 Å². The Morgan fingerprint density at radius 3 is 2.40 bits per heavy atom. The molecule has 2 aliphatic heterocycles. The number of sulfonamides is 2. The molecule has 2 fully saturated rings. The fraction of sp³-hybridized carbons (Fsp3) is 0.522. The highest BCUT2D eigenvalue weighted by Crippen LogP contribution is 2.35. The number of halogens is 2. The van der Waals surface area contributed by atoms with Crippen molar-refractivity contribution in [2.45, 2.75) is 55.6 Å². The Bertz CT molecular complexity index is 1220. The largest absolute Gasteiger partial charge is 0.490 e. The van der Waals surface area contributed by atoms with Gasteiger partial charge in [-0.15, -0.1) is 0 Å². The molecule has 0 unspecified atom stereocenters. The van der Waals surface area contributed by atoms with Gasteiger partial charge in [-0.1, -0.05) is 29.3 Å². The van der Waals surface area contributed by atoms with Crippen LogP contribution in [0.15, 0.2) is 47.6 Å². The average Bonchev–Trinajstić information content (AvgIpc) is 3.31. The number of hydrogen-bond donors (Lipinski definition) is 0. The number of benzene rings is 1. The van der Waals surface area contributed by atoms with Crippen LogP contribution in [0.25, 0.3) is 0 Å². The van der Waals surface area contributed by atoms with Crippen LogP contribution in [0.5, 0.6) is 5.75 Å². The summed E-state index contributed by atoms with van der Waals surface area (Å²) in [5.41, 5.74) is 0. The summed E-state index contributed by atoms with van der Waals surface area (Å²) in [6.07, 6.45) is 6.81. The molecule has 4 rings (SSSR count). The maximum absolute atomic E-state index is 13.2. The van der Waals surface area contributed by atoms with E-state index in [1.165, 1.54) is 14.7 Å². The van der Waals surface area contributed by atoms with Gasteiger partial charge in [0.05, 0.1) is 15.8 Å². The minimum absolute atomic E-state index is 0.00874. The van der Waals surface area contributed by atoms with Gasteiger partial charge in [-0.25, -0.2) is 21.1 Å². The molecule has 1 atom stereocenters. The summed E-state index contributed by atoms with van der Waals surface area (Å²) in [4.78, 5) is 3.95. The van der Waals surface area contributed by atoms with Crippen LogP contribution in [0.1, 0.15) is 38.5 Å². The number of ether oxygens (including phenoxy) is 1. The highest BCUT2D eigenvalue weighted by molar-refractivity contribution is 7.89. The predicted octanol–water partition coefficient (Wildman–Crippen LogP) is 4.19. The van der Waals surface area contributed by atoms with Crippen molar-refractivity contribution in [1.29, 1.82) is 0 Å². The third kappa shape index (κ3) is 6.29. The molecule has 0 aliphatic carbocycles. The average molecular weight is 563 g/mol. The second-order valence-electron chi connectivity index (χ2n) is 8.82. The van der Waals surface area contributed by atoms with E-state index in [4.69, 9.17) is 27.9 Å². The van der Waals surface area contributed by atoms with E-state index in [1.54, 1.807) is 36.7 Å². The van der Waals surface area contributed by atoms with Gasteiger partial charge >= 0.3 is 0 Å². The Balaban J connectivity index is 1.30. The Kier molecular flexibility index (Phi) is 8.61. The summed E-state index contributed by atoms with van der Waals surface area (Å²) >= 11 is 12.2. The minimum atomic E-state index is -3.82. The lowest BCUT2D eigenvalue weighted by atomic mass is 10.1. The van der Waals surface area contributed by atoms with E-state index in [0.717, 1.165) is 12.2 Å². The van der Waals surface area contributed by atoms with E-state index in [2.05, 4.69) is 4.98 Å². The molecule has 192 valence electrons. The predicted molar refractivity (Wildman–Crippen MR) is 136 cm³/mol. The molecule has 12 heteroatoms. The SMILES string of the molecule is O=S(=O)(CCC[C@@H]1CCCN1S(=O)(=O)c1cccc(Cl)c1Cl)N1CCC(Oc2ccncc2)CC1. The molecule has 2 saturated heterocycles. The lowest BCUT2D eigenvalue weighted by Gasteiger charge is -2.31. The van der Waals surface area contributed by atoms with Gasteiger partial charge in [0.1, 0.15) is 16.7 Å². The van der Waals surface area contributed by atoms with E-state index in [-0.39, 0.29) is 32.8 Å². The van der Waals surface area contributed by atoms with E-state index < -0.39 is 20.0 Å². The Hall–Kier alpha value is -1.43. The van der Waals surface area contributed by atoms with Gasteiger partial charge in [-0.2, -0.15) is 4.31 Å². The molecule has 0 spiro atoms. The number of hydrogen-bond acceptors (Lipinski definition) is 6. The summed E-state index contributed by atoms with van der Waals surface area (Å²) < 4.78 is 61.2. The van der Waals surface area contributed by atoms with Gasteiger partial charge in [0.2, 0.25) is 20.0 Å². The monoisotopic (exact) mass is 561 g/mol. The van der Waals surface area contributed by atoms with Crippen LogP contribution in [0.4, 0.5) is 0 Å². The first-order valence-corrected chi connectivity index (χ1v) is 15.5. The first-order chi connectivity index (χ1) is 16.7. The van der Waals surface area contributed by atoms with Crippen LogP contribution in [-0.2, 0) is 20.0 Å². The fourth-order valence-electron chi connectivity index (χ4n) is 4.69. The summed E-state index contributed by atoms with van der Waals surface area (Å²) in [5, 5.41) is 0.197. The molecule has 0 bridgehead atoms. The van der Waals surface area contributed by atoms with E-state index in [1.807, 2.05) is 0 Å². The fourth-order valence-corrected chi connectivity index (χ4v) is 8.71. The minimum Gasteiger partial charge on any atom is -0.490 e. The van der Waals surface area contributed by atoms with Gasteiger partial charge in [0.15, 0.2) is 0 Å². The van der Waals surface area contributed by atoms with Crippen molar-refractivity contribution in [2.75, 3.05) is 25.4 Å². The Morgan fingerprint density at radius 1 is 0.971 bits per heavy atom. The molecule has 3 heterocycles.